The van der Waals surface area contributed by atoms with E-state index in [2.05, 4.69) is 4.98 Å². The van der Waals surface area contributed by atoms with Crippen LogP contribution in [0.25, 0.3) is 0 Å². The van der Waals surface area contributed by atoms with Crippen LogP contribution < -0.4 is 5.73 Å². The molecule has 1 rings (SSSR count). The Balaban J connectivity index is 2.73. The molecule has 3 N–H and O–H groups in total. The Morgan fingerprint density at radius 2 is 2.43 bits per heavy atom. The lowest BCUT2D eigenvalue weighted by Gasteiger charge is -2.03. The molecule has 0 atom stereocenters. The van der Waals surface area contributed by atoms with E-state index in [4.69, 9.17) is 15.9 Å². The highest BCUT2D eigenvalue weighted by Gasteiger charge is 2.01. The highest BCUT2D eigenvalue weighted by Crippen LogP contribution is 2.02. The number of esters is 1. The first-order valence-corrected chi connectivity index (χ1v) is 4.02. The number of ether oxygens (including phenoxy) is 1. The molecular weight excluding hydrogens is 182 g/mol. The quantitative estimate of drug-likeness (QED) is 0.414. The molecule has 0 bridgehead atoms. The largest absolute Gasteiger partial charge is 0.459 e. The Labute approximate surface area is 81.4 Å². The van der Waals surface area contributed by atoms with Gasteiger partial charge < -0.3 is 10.5 Å². The average Bonchev–Trinajstić information content (AvgIpc) is 2.15. The average molecular weight is 193 g/mol. The van der Waals surface area contributed by atoms with Gasteiger partial charge in [0.15, 0.2) is 0 Å². The second-order valence-corrected chi connectivity index (χ2v) is 2.73. The van der Waals surface area contributed by atoms with Crippen LogP contribution in [0.15, 0.2) is 18.3 Å². The molecule has 74 valence electrons. The van der Waals surface area contributed by atoms with Gasteiger partial charge in [0.25, 0.3) is 0 Å². The third-order valence-electron chi connectivity index (χ3n) is 1.55. The maximum absolute atomic E-state index is 10.5. The molecule has 1 heterocycles. The van der Waals surface area contributed by atoms with E-state index < -0.39 is 0 Å². The van der Waals surface area contributed by atoms with Crippen LogP contribution in [0.2, 0.25) is 0 Å². The number of nitrogens with one attached hydrogen (secondary N) is 1. The number of amidine groups is 1. The molecule has 1 aromatic rings. The fraction of sp³-hybridized carbons (Fsp3) is 0.222. The summed E-state index contributed by atoms with van der Waals surface area (Å²) >= 11 is 0. The number of carbonyl (C=O) groups excluding carboxylic acids is 1. The summed E-state index contributed by atoms with van der Waals surface area (Å²) in [6.07, 6.45) is 1.52. The van der Waals surface area contributed by atoms with Crippen molar-refractivity contribution >= 4 is 11.8 Å². The number of rotatable bonds is 3. The fourth-order valence-corrected chi connectivity index (χ4v) is 0.900. The molecule has 0 saturated heterocycles. The molecule has 0 amide bonds. The highest BCUT2D eigenvalue weighted by molar-refractivity contribution is 5.94. The number of nitrogen functional groups attached to an aromatic ring is 1. The first-order valence-electron chi connectivity index (χ1n) is 4.02. The van der Waals surface area contributed by atoms with Gasteiger partial charge in [-0.3, -0.25) is 15.2 Å². The molecule has 0 fully saturated rings. The van der Waals surface area contributed by atoms with Crippen LogP contribution in [0.3, 0.4) is 0 Å². The minimum Gasteiger partial charge on any atom is -0.459 e. The van der Waals surface area contributed by atoms with Crippen LogP contribution in [0.5, 0.6) is 0 Å². The van der Waals surface area contributed by atoms with Gasteiger partial charge >= 0.3 is 5.97 Å². The van der Waals surface area contributed by atoms with Gasteiger partial charge in [0.1, 0.15) is 12.4 Å². The van der Waals surface area contributed by atoms with Crippen molar-refractivity contribution in [3.63, 3.8) is 0 Å². The lowest BCUT2D eigenvalue weighted by molar-refractivity contribution is -0.142. The molecule has 0 aliphatic heterocycles. The maximum Gasteiger partial charge on any atom is 0.303 e. The maximum atomic E-state index is 10.5. The van der Waals surface area contributed by atoms with E-state index in [-0.39, 0.29) is 18.4 Å². The predicted molar refractivity (Wildman–Crippen MR) is 50.7 cm³/mol. The van der Waals surface area contributed by atoms with Gasteiger partial charge in [-0.1, -0.05) is 0 Å². The number of pyridine rings is 1. The summed E-state index contributed by atoms with van der Waals surface area (Å²) in [7, 11) is 0. The summed E-state index contributed by atoms with van der Waals surface area (Å²) in [5.74, 6) is -0.392. The van der Waals surface area contributed by atoms with Gasteiger partial charge in [-0.2, -0.15) is 0 Å². The van der Waals surface area contributed by atoms with Crippen molar-refractivity contribution in [2.75, 3.05) is 0 Å². The minimum atomic E-state index is -0.361. The molecule has 0 aliphatic carbocycles. The van der Waals surface area contributed by atoms with E-state index in [1.165, 1.54) is 13.1 Å². The molecule has 0 radical (unpaired) electrons. The summed E-state index contributed by atoms with van der Waals surface area (Å²) in [4.78, 5) is 14.5. The van der Waals surface area contributed by atoms with Gasteiger partial charge in [-0.15, -0.1) is 0 Å². The molecule has 1 aromatic heterocycles. The number of carbonyl (C=O) groups is 1. The zero-order valence-corrected chi connectivity index (χ0v) is 7.78. The molecule has 0 saturated carbocycles. The Hall–Kier alpha value is -1.91. The van der Waals surface area contributed by atoms with Crippen molar-refractivity contribution in [2.24, 2.45) is 5.73 Å². The van der Waals surface area contributed by atoms with E-state index in [1.807, 2.05) is 0 Å². The molecule has 0 unspecified atom stereocenters. The van der Waals surface area contributed by atoms with Crippen molar-refractivity contribution in [1.82, 2.24) is 4.98 Å². The Bertz CT molecular complexity index is 363. The van der Waals surface area contributed by atoms with Crippen LogP contribution in [0.1, 0.15) is 18.2 Å². The van der Waals surface area contributed by atoms with Crippen molar-refractivity contribution in [3.05, 3.63) is 29.6 Å². The van der Waals surface area contributed by atoms with Crippen molar-refractivity contribution < 1.29 is 9.53 Å². The van der Waals surface area contributed by atoms with Crippen molar-refractivity contribution in [3.8, 4) is 0 Å². The molecule has 5 heteroatoms. The minimum absolute atomic E-state index is 0.0310. The van der Waals surface area contributed by atoms with E-state index in [1.54, 1.807) is 12.1 Å². The smallest absolute Gasteiger partial charge is 0.303 e. The van der Waals surface area contributed by atoms with Gasteiger partial charge in [0, 0.05) is 18.7 Å². The van der Waals surface area contributed by atoms with Crippen molar-refractivity contribution in [2.45, 2.75) is 13.5 Å². The van der Waals surface area contributed by atoms with Gasteiger partial charge in [-0.05, 0) is 12.1 Å². The number of hydrogen-bond acceptors (Lipinski definition) is 4. The number of hydrogen-bond donors (Lipinski definition) is 2. The summed E-state index contributed by atoms with van der Waals surface area (Å²) in [5.41, 5.74) is 6.43. The van der Waals surface area contributed by atoms with E-state index in [0.717, 1.165) is 0 Å². The zero-order valence-electron chi connectivity index (χ0n) is 7.78. The zero-order chi connectivity index (χ0) is 10.6. The van der Waals surface area contributed by atoms with Crippen molar-refractivity contribution in [1.29, 1.82) is 5.41 Å². The second-order valence-electron chi connectivity index (χ2n) is 2.73. The third kappa shape index (κ3) is 2.85. The normalized spacial score (nSPS) is 9.50. The first kappa shape index (κ1) is 10.2. The Morgan fingerprint density at radius 1 is 1.71 bits per heavy atom. The number of nitrogens with zero attached hydrogens (tertiary/aromatic N) is 1. The van der Waals surface area contributed by atoms with E-state index in [0.29, 0.717) is 11.3 Å². The number of nitrogens with two attached hydrogens (primary N) is 1. The third-order valence-corrected chi connectivity index (χ3v) is 1.55. The summed E-state index contributed by atoms with van der Waals surface area (Å²) < 4.78 is 4.75. The molecular formula is C9H11N3O2. The van der Waals surface area contributed by atoms with Crippen LogP contribution in [-0.2, 0) is 16.1 Å². The van der Waals surface area contributed by atoms with Gasteiger partial charge in [0.2, 0.25) is 0 Å². The summed E-state index contributed by atoms with van der Waals surface area (Å²) in [6.45, 7) is 1.44. The van der Waals surface area contributed by atoms with E-state index in [9.17, 15) is 4.79 Å². The molecule has 0 spiro atoms. The molecule has 0 aromatic carbocycles. The topological polar surface area (TPSA) is 89.1 Å². The molecule has 14 heavy (non-hydrogen) atoms. The predicted octanol–water partition coefficient (Wildman–Crippen LogP) is 0.429. The highest BCUT2D eigenvalue weighted by atomic mass is 16.5. The molecule has 5 nitrogen and oxygen atoms in total. The van der Waals surface area contributed by atoms with Crippen LogP contribution in [-0.4, -0.2) is 16.8 Å². The van der Waals surface area contributed by atoms with E-state index >= 15 is 0 Å². The van der Waals surface area contributed by atoms with Gasteiger partial charge in [-0.25, -0.2) is 0 Å². The summed E-state index contributed by atoms with van der Waals surface area (Å²) in [5, 5.41) is 7.19. The first-order chi connectivity index (χ1) is 6.59. The summed E-state index contributed by atoms with van der Waals surface area (Å²) in [6, 6.07) is 3.24. The lowest BCUT2D eigenvalue weighted by Crippen LogP contribution is -2.12. The molecule has 0 aliphatic rings. The standard InChI is InChI=1S/C9H11N3O2/c1-6(13)14-5-8-4-7(9(10)11)2-3-12-8/h2-4H,5H2,1H3,(H3,10,11). The SMILES string of the molecule is CC(=O)OCc1cc(C(=N)N)ccn1. The van der Waals surface area contributed by atoms with Gasteiger partial charge in [0.05, 0.1) is 5.69 Å². The monoisotopic (exact) mass is 193 g/mol. The fourth-order valence-electron chi connectivity index (χ4n) is 0.900. The van der Waals surface area contributed by atoms with Crippen LogP contribution in [0.4, 0.5) is 0 Å². The van der Waals surface area contributed by atoms with Crippen LogP contribution >= 0.6 is 0 Å². The Kier molecular flexibility index (Phi) is 3.17. The number of aromatic nitrogens is 1. The Morgan fingerprint density at radius 3 is 3.00 bits per heavy atom. The van der Waals surface area contributed by atoms with Crippen LogP contribution in [0, 0.1) is 5.41 Å². The lowest BCUT2D eigenvalue weighted by atomic mass is 10.2. The second kappa shape index (κ2) is 4.36.